The molecule has 0 aliphatic carbocycles. The van der Waals surface area contributed by atoms with E-state index in [1.807, 2.05) is 36.4 Å². The lowest BCUT2D eigenvalue weighted by Gasteiger charge is -2.25. The SMILES string of the molecule is C/C(=N\O)C(N)P(=O)(c1ccccc1)c1ccccc1. The normalized spacial score (nSPS) is 14.0. The van der Waals surface area contributed by atoms with Crippen molar-refractivity contribution in [3.63, 3.8) is 0 Å². The second-order valence-corrected chi connectivity index (χ2v) is 7.42. The van der Waals surface area contributed by atoms with Gasteiger partial charge in [0.25, 0.3) is 0 Å². The fourth-order valence-corrected chi connectivity index (χ4v) is 4.84. The van der Waals surface area contributed by atoms with Gasteiger partial charge in [-0.05, 0) is 6.92 Å². The predicted octanol–water partition coefficient (Wildman–Crippen LogP) is 2.14. The van der Waals surface area contributed by atoms with Gasteiger partial charge in [0.2, 0.25) is 0 Å². The van der Waals surface area contributed by atoms with Gasteiger partial charge in [-0.1, -0.05) is 65.8 Å². The Hall–Kier alpha value is -1.90. The number of hydrogen-bond donors (Lipinski definition) is 2. The third-order valence-electron chi connectivity index (χ3n) is 3.26. The topological polar surface area (TPSA) is 75.7 Å². The first kappa shape index (κ1) is 14.5. The van der Waals surface area contributed by atoms with Gasteiger partial charge in [0, 0.05) is 10.6 Å². The largest absolute Gasteiger partial charge is 0.411 e. The molecule has 0 fully saturated rings. The molecule has 0 aliphatic rings. The number of nitrogens with zero attached hydrogens (tertiary/aromatic N) is 1. The van der Waals surface area contributed by atoms with Crippen molar-refractivity contribution >= 4 is 23.5 Å². The summed E-state index contributed by atoms with van der Waals surface area (Å²) in [4.78, 5) is 0. The van der Waals surface area contributed by atoms with Gasteiger partial charge in [0.1, 0.15) is 5.78 Å². The van der Waals surface area contributed by atoms with Gasteiger partial charge >= 0.3 is 0 Å². The van der Waals surface area contributed by atoms with Crippen LogP contribution in [-0.2, 0) is 4.57 Å². The Labute approximate surface area is 118 Å². The van der Waals surface area contributed by atoms with E-state index >= 15 is 0 Å². The standard InChI is InChI=1S/C15H17N2O2P/c1-12(17-18)15(16)20(19,13-8-4-2-5-9-13)14-10-6-3-7-11-14/h2-11,15,18H,16H2,1H3/b17-12+. The summed E-state index contributed by atoms with van der Waals surface area (Å²) in [6.45, 7) is 1.57. The van der Waals surface area contributed by atoms with Crippen molar-refractivity contribution in [3.8, 4) is 0 Å². The van der Waals surface area contributed by atoms with E-state index in [-0.39, 0.29) is 5.71 Å². The van der Waals surface area contributed by atoms with Gasteiger partial charge in [0.05, 0.1) is 5.71 Å². The summed E-state index contributed by atoms with van der Waals surface area (Å²) < 4.78 is 13.6. The van der Waals surface area contributed by atoms with Crippen molar-refractivity contribution in [1.82, 2.24) is 0 Å². The lowest BCUT2D eigenvalue weighted by Crippen LogP contribution is -2.37. The van der Waals surface area contributed by atoms with Crippen LogP contribution in [0.2, 0.25) is 0 Å². The molecule has 0 spiro atoms. The molecular weight excluding hydrogens is 271 g/mol. The highest BCUT2D eigenvalue weighted by Gasteiger charge is 2.36. The number of nitrogens with two attached hydrogens (primary N) is 1. The van der Waals surface area contributed by atoms with Crippen LogP contribution in [0.25, 0.3) is 0 Å². The summed E-state index contributed by atoms with van der Waals surface area (Å²) in [6, 6.07) is 18.2. The number of rotatable bonds is 4. The van der Waals surface area contributed by atoms with Crippen molar-refractivity contribution in [2.24, 2.45) is 10.9 Å². The molecule has 1 atom stereocenters. The molecule has 2 rings (SSSR count). The summed E-state index contributed by atoms with van der Waals surface area (Å²) >= 11 is 0. The molecule has 0 aromatic heterocycles. The van der Waals surface area contributed by atoms with Gasteiger partial charge in [-0.15, -0.1) is 0 Å². The average molecular weight is 288 g/mol. The highest BCUT2D eigenvalue weighted by atomic mass is 31.2. The molecule has 0 saturated carbocycles. The molecule has 2 aromatic rings. The highest BCUT2D eigenvalue weighted by molar-refractivity contribution is 7.80. The quantitative estimate of drug-likeness (QED) is 0.392. The van der Waals surface area contributed by atoms with Crippen molar-refractivity contribution in [3.05, 3.63) is 60.7 Å². The fraction of sp³-hybridized carbons (Fsp3) is 0.133. The van der Waals surface area contributed by atoms with Crippen LogP contribution in [0.4, 0.5) is 0 Å². The molecule has 5 heteroatoms. The van der Waals surface area contributed by atoms with Crippen LogP contribution in [0.15, 0.2) is 65.8 Å². The maximum absolute atomic E-state index is 13.6. The molecule has 0 amide bonds. The van der Waals surface area contributed by atoms with E-state index < -0.39 is 12.9 Å². The number of oxime groups is 1. The molecule has 0 heterocycles. The van der Waals surface area contributed by atoms with E-state index in [4.69, 9.17) is 10.9 Å². The van der Waals surface area contributed by atoms with E-state index in [9.17, 15) is 4.57 Å². The summed E-state index contributed by atoms with van der Waals surface area (Å²) in [7, 11) is -3.10. The zero-order valence-corrected chi connectivity index (χ0v) is 12.1. The van der Waals surface area contributed by atoms with Gasteiger partial charge < -0.3 is 15.5 Å². The molecule has 1 unspecified atom stereocenters. The lowest BCUT2D eigenvalue weighted by atomic mass is 10.4. The van der Waals surface area contributed by atoms with E-state index in [2.05, 4.69) is 5.16 Å². The van der Waals surface area contributed by atoms with Crippen LogP contribution in [0, 0.1) is 0 Å². The van der Waals surface area contributed by atoms with E-state index in [1.165, 1.54) is 0 Å². The van der Waals surface area contributed by atoms with Crippen LogP contribution in [0.1, 0.15) is 6.92 Å². The summed E-state index contributed by atoms with van der Waals surface area (Å²) in [5.41, 5.74) is 6.37. The van der Waals surface area contributed by atoms with Crippen LogP contribution in [-0.4, -0.2) is 16.7 Å². The molecule has 20 heavy (non-hydrogen) atoms. The van der Waals surface area contributed by atoms with Crippen molar-refractivity contribution in [2.45, 2.75) is 12.7 Å². The second kappa shape index (κ2) is 6.04. The molecule has 104 valence electrons. The average Bonchev–Trinajstić information content (AvgIpc) is 2.54. The minimum atomic E-state index is -3.10. The first-order valence-electron chi connectivity index (χ1n) is 6.25. The zero-order valence-electron chi connectivity index (χ0n) is 11.2. The summed E-state index contributed by atoms with van der Waals surface area (Å²) in [6.07, 6.45) is 0. The monoisotopic (exact) mass is 288 g/mol. The fourth-order valence-electron chi connectivity index (χ4n) is 2.09. The molecule has 0 aliphatic heterocycles. The Kier molecular flexibility index (Phi) is 4.38. The summed E-state index contributed by atoms with van der Waals surface area (Å²) in [5, 5.41) is 13.4. The Bertz CT molecular complexity index is 598. The maximum atomic E-state index is 13.6. The third-order valence-corrected chi connectivity index (χ3v) is 6.54. The highest BCUT2D eigenvalue weighted by Crippen LogP contribution is 2.46. The lowest BCUT2D eigenvalue weighted by molar-refractivity contribution is 0.317. The van der Waals surface area contributed by atoms with E-state index in [0.717, 1.165) is 0 Å². The van der Waals surface area contributed by atoms with Gasteiger partial charge in [-0.3, -0.25) is 0 Å². The second-order valence-electron chi connectivity index (χ2n) is 4.52. The first-order chi connectivity index (χ1) is 9.60. The molecule has 0 bridgehead atoms. The summed E-state index contributed by atoms with van der Waals surface area (Å²) in [5.74, 6) is -0.850. The van der Waals surface area contributed by atoms with Crippen LogP contribution >= 0.6 is 7.14 Å². The smallest absolute Gasteiger partial charge is 0.164 e. The zero-order chi connectivity index (χ0) is 14.6. The van der Waals surface area contributed by atoms with Crippen molar-refractivity contribution in [1.29, 1.82) is 0 Å². The minimum absolute atomic E-state index is 0.251. The number of benzene rings is 2. The van der Waals surface area contributed by atoms with E-state index in [1.54, 1.807) is 31.2 Å². The predicted molar refractivity (Wildman–Crippen MR) is 82.6 cm³/mol. The van der Waals surface area contributed by atoms with Gasteiger partial charge in [0.15, 0.2) is 7.14 Å². The molecule has 4 nitrogen and oxygen atoms in total. The molecular formula is C15H17N2O2P. The Balaban J connectivity index is 2.65. The van der Waals surface area contributed by atoms with E-state index in [0.29, 0.717) is 10.6 Å². The maximum Gasteiger partial charge on any atom is 0.164 e. The number of hydrogen-bond acceptors (Lipinski definition) is 4. The first-order valence-corrected chi connectivity index (χ1v) is 8.03. The minimum Gasteiger partial charge on any atom is -0.411 e. The van der Waals surface area contributed by atoms with Gasteiger partial charge in [-0.25, -0.2) is 0 Å². The molecule has 3 N–H and O–H groups in total. The molecule has 0 saturated heterocycles. The molecule has 0 radical (unpaired) electrons. The Morgan fingerprint density at radius 1 is 1.05 bits per heavy atom. The van der Waals surface area contributed by atoms with Crippen LogP contribution in [0.5, 0.6) is 0 Å². The molecule has 2 aromatic carbocycles. The third kappa shape index (κ3) is 2.53. The van der Waals surface area contributed by atoms with Gasteiger partial charge in [-0.2, -0.15) is 0 Å². The van der Waals surface area contributed by atoms with Crippen LogP contribution in [0.3, 0.4) is 0 Å². The Morgan fingerprint density at radius 2 is 1.45 bits per heavy atom. The van der Waals surface area contributed by atoms with Crippen LogP contribution < -0.4 is 16.3 Å². The van der Waals surface area contributed by atoms with Crippen molar-refractivity contribution in [2.75, 3.05) is 0 Å². The Morgan fingerprint density at radius 3 is 1.80 bits per heavy atom. The van der Waals surface area contributed by atoms with Crippen molar-refractivity contribution < 1.29 is 9.77 Å².